The molecule has 88 valence electrons. The summed E-state index contributed by atoms with van der Waals surface area (Å²) < 4.78 is 5.60. The Balaban J connectivity index is 1.69. The number of hydrogen-bond acceptors (Lipinski definition) is 5. The number of aryl methyl sites for hydroxylation is 1. The molecule has 0 aliphatic carbocycles. The maximum absolute atomic E-state index is 5.60. The van der Waals surface area contributed by atoms with Crippen LogP contribution in [0, 0.1) is 6.92 Å². The van der Waals surface area contributed by atoms with E-state index in [0.717, 1.165) is 44.2 Å². The number of morpholine rings is 1. The molecule has 0 amide bonds. The fraction of sp³-hybridized carbons (Fsp3) is 0.636. The molecule has 1 aliphatic heterocycles. The van der Waals surface area contributed by atoms with Gasteiger partial charge in [-0.3, -0.25) is 0 Å². The Bertz CT molecular complexity index is 308. The molecule has 0 saturated carbocycles. The molecule has 0 bridgehead atoms. The second-order valence-electron chi connectivity index (χ2n) is 3.97. The Kier molecular flexibility index (Phi) is 4.07. The third-order valence-electron chi connectivity index (χ3n) is 2.57. The van der Waals surface area contributed by atoms with Crippen LogP contribution in [0.1, 0.15) is 12.1 Å². The van der Waals surface area contributed by atoms with Crippen molar-refractivity contribution in [1.82, 2.24) is 15.5 Å². The second-order valence-corrected chi connectivity index (χ2v) is 3.97. The summed E-state index contributed by atoms with van der Waals surface area (Å²) in [5.74, 6) is 0.828. The minimum atomic E-state index is 0.319. The van der Waals surface area contributed by atoms with Crippen LogP contribution in [0.5, 0.6) is 0 Å². The van der Waals surface area contributed by atoms with Crippen LogP contribution in [0.2, 0.25) is 0 Å². The van der Waals surface area contributed by atoms with Gasteiger partial charge in [0.25, 0.3) is 0 Å². The quantitative estimate of drug-likeness (QED) is 0.780. The molecular formula is C11H18N4O. The molecule has 1 saturated heterocycles. The third kappa shape index (κ3) is 3.43. The molecule has 1 atom stereocenters. The number of ether oxygens (including phenoxy) is 1. The fourth-order valence-corrected chi connectivity index (χ4v) is 1.66. The lowest BCUT2D eigenvalue weighted by atomic mass is 10.2. The number of nitrogens with one attached hydrogen (secondary N) is 2. The van der Waals surface area contributed by atoms with E-state index >= 15 is 0 Å². The zero-order valence-electron chi connectivity index (χ0n) is 9.57. The monoisotopic (exact) mass is 222 g/mol. The molecule has 0 aromatic carbocycles. The zero-order valence-corrected chi connectivity index (χ0v) is 9.57. The lowest BCUT2D eigenvalue weighted by molar-refractivity contribution is 0.0258. The predicted molar refractivity (Wildman–Crippen MR) is 62.5 cm³/mol. The summed E-state index contributed by atoms with van der Waals surface area (Å²) in [5.41, 5.74) is 0.936. The van der Waals surface area contributed by atoms with E-state index in [1.807, 2.05) is 19.1 Å². The van der Waals surface area contributed by atoms with Gasteiger partial charge in [-0.1, -0.05) is 0 Å². The third-order valence-corrected chi connectivity index (χ3v) is 2.57. The molecule has 1 unspecified atom stereocenters. The number of hydrogen-bond donors (Lipinski definition) is 2. The van der Waals surface area contributed by atoms with Crippen molar-refractivity contribution in [1.29, 1.82) is 0 Å². The van der Waals surface area contributed by atoms with Crippen molar-refractivity contribution in [3.8, 4) is 0 Å². The van der Waals surface area contributed by atoms with Gasteiger partial charge in [0.15, 0.2) is 0 Å². The topological polar surface area (TPSA) is 59.1 Å². The maximum Gasteiger partial charge on any atom is 0.148 e. The van der Waals surface area contributed by atoms with Crippen LogP contribution in [0.15, 0.2) is 12.1 Å². The van der Waals surface area contributed by atoms with Gasteiger partial charge in [0.2, 0.25) is 0 Å². The van der Waals surface area contributed by atoms with E-state index in [0.29, 0.717) is 6.10 Å². The van der Waals surface area contributed by atoms with Gasteiger partial charge in [-0.2, -0.15) is 5.10 Å². The van der Waals surface area contributed by atoms with Crippen molar-refractivity contribution in [2.45, 2.75) is 19.4 Å². The van der Waals surface area contributed by atoms with Crippen molar-refractivity contribution < 1.29 is 4.74 Å². The SMILES string of the molecule is Cc1ccc(NCCC2CNCCO2)nn1. The van der Waals surface area contributed by atoms with Crippen LogP contribution in [-0.4, -0.2) is 42.5 Å². The molecule has 0 radical (unpaired) electrons. The highest BCUT2D eigenvalue weighted by Crippen LogP contribution is 2.04. The van der Waals surface area contributed by atoms with E-state index in [1.165, 1.54) is 0 Å². The summed E-state index contributed by atoms with van der Waals surface area (Å²) in [5, 5.41) is 14.6. The lowest BCUT2D eigenvalue weighted by Crippen LogP contribution is -2.39. The molecule has 5 nitrogen and oxygen atoms in total. The second kappa shape index (κ2) is 5.77. The molecule has 2 rings (SSSR count). The minimum absolute atomic E-state index is 0.319. The van der Waals surface area contributed by atoms with Gasteiger partial charge in [0.05, 0.1) is 18.4 Å². The smallest absolute Gasteiger partial charge is 0.148 e. The molecule has 0 spiro atoms. The van der Waals surface area contributed by atoms with Crippen molar-refractivity contribution in [2.24, 2.45) is 0 Å². The zero-order chi connectivity index (χ0) is 11.2. The molecule has 2 N–H and O–H groups in total. The van der Waals surface area contributed by atoms with Gasteiger partial charge >= 0.3 is 0 Å². The molecule has 5 heteroatoms. The molecule has 16 heavy (non-hydrogen) atoms. The Morgan fingerprint density at radius 2 is 2.44 bits per heavy atom. The summed E-state index contributed by atoms with van der Waals surface area (Å²) in [4.78, 5) is 0. The Morgan fingerprint density at radius 1 is 1.50 bits per heavy atom. The Morgan fingerprint density at radius 3 is 3.12 bits per heavy atom. The molecule has 1 aromatic heterocycles. The van der Waals surface area contributed by atoms with Crippen molar-refractivity contribution in [3.63, 3.8) is 0 Å². The average molecular weight is 222 g/mol. The molecule has 1 aliphatic rings. The van der Waals surface area contributed by atoms with E-state index in [1.54, 1.807) is 0 Å². The average Bonchev–Trinajstić information content (AvgIpc) is 2.33. The van der Waals surface area contributed by atoms with Crippen LogP contribution in [0.4, 0.5) is 5.82 Å². The number of nitrogens with zero attached hydrogens (tertiary/aromatic N) is 2. The number of aromatic nitrogens is 2. The first-order chi connectivity index (χ1) is 7.84. The first-order valence-corrected chi connectivity index (χ1v) is 5.71. The summed E-state index contributed by atoms with van der Waals surface area (Å²) in [6, 6.07) is 3.90. The highest BCUT2D eigenvalue weighted by atomic mass is 16.5. The van der Waals surface area contributed by atoms with Gasteiger partial charge in [0.1, 0.15) is 5.82 Å². The van der Waals surface area contributed by atoms with Gasteiger partial charge in [-0.05, 0) is 25.5 Å². The first kappa shape index (κ1) is 11.3. The standard InChI is InChI=1S/C11H18N4O/c1-9-2-3-11(15-14-9)13-5-4-10-8-12-6-7-16-10/h2-3,10,12H,4-8H2,1H3,(H,13,15). The highest BCUT2D eigenvalue weighted by molar-refractivity contribution is 5.32. The largest absolute Gasteiger partial charge is 0.376 e. The van der Waals surface area contributed by atoms with Crippen molar-refractivity contribution >= 4 is 5.82 Å². The van der Waals surface area contributed by atoms with Gasteiger partial charge < -0.3 is 15.4 Å². The molecule has 2 heterocycles. The van der Waals surface area contributed by atoms with Gasteiger partial charge in [-0.15, -0.1) is 5.10 Å². The number of rotatable bonds is 4. The van der Waals surface area contributed by atoms with E-state index in [2.05, 4.69) is 20.8 Å². The van der Waals surface area contributed by atoms with E-state index < -0.39 is 0 Å². The van der Waals surface area contributed by atoms with Crippen LogP contribution >= 0.6 is 0 Å². The Labute approximate surface area is 95.6 Å². The van der Waals surface area contributed by atoms with Crippen LogP contribution in [0.25, 0.3) is 0 Å². The normalized spacial score (nSPS) is 20.7. The summed E-state index contributed by atoms with van der Waals surface area (Å²) in [6.07, 6.45) is 1.31. The fourth-order valence-electron chi connectivity index (χ4n) is 1.66. The lowest BCUT2D eigenvalue weighted by Gasteiger charge is -2.23. The Hall–Kier alpha value is -1.20. The molecule has 1 fully saturated rings. The van der Waals surface area contributed by atoms with E-state index in [4.69, 9.17) is 4.74 Å². The predicted octanol–water partition coefficient (Wildman–Crippen LogP) is 0.575. The van der Waals surface area contributed by atoms with Gasteiger partial charge in [0, 0.05) is 19.6 Å². The van der Waals surface area contributed by atoms with E-state index in [-0.39, 0.29) is 0 Å². The summed E-state index contributed by atoms with van der Waals surface area (Å²) in [7, 11) is 0. The van der Waals surface area contributed by atoms with Gasteiger partial charge in [-0.25, -0.2) is 0 Å². The highest BCUT2D eigenvalue weighted by Gasteiger charge is 2.12. The molecule has 1 aromatic rings. The summed E-state index contributed by atoms with van der Waals surface area (Å²) >= 11 is 0. The first-order valence-electron chi connectivity index (χ1n) is 5.71. The van der Waals surface area contributed by atoms with Crippen LogP contribution in [0.3, 0.4) is 0 Å². The minimum Gasteiger partial charge on any atom is -0.376 e. The number of anilines is 1. The molecular weight excluding hydrogens is 204 g/mol. The maximum atomic E-state index is 5.60. The van der Waals surface area contributed by atoms with Crippen LogP contribution < -0.4 is 10.6 Å². The van der Waals surface area contributed by atoms with E-state index in [9.17, 15) is 0 Å². The van der Waals surface area contributed by atoms with Crippen LogP contribution in [-0.2, 0) is 4.74 Å². The summed E-state index contributed by atoms with van der Waals surface area (Å²) in [6.45, 7) is 5.52. The van der Waals surface area contributed by atoms with Crippen molar-refractivity contribution in [2.75, 3.05) is 31.6 Å². The van der Waals surface area contributed by atoms with Crippen molar-refractivity contribution in [3.05, 3.63) is 17.8 Å².